The van der Waals surface area contributed by atoms with Crippen molar-refractivity contribution in [2.75, 3.05) is 17.3 Å². The number of benzene rings is 2. The highest BCUT2D eigenvalue weighted by molar-refractivity contribution is 6.31. The van der Waals surface area contributed by atoms with Crippen LogP contribution in [0.5, 0.6) is 5.75 Å². The van der Waals surface area contributed by atoms with Crippen LogP contribution in [-0.4, -0.2) is 24.0 Å². The van der Waals surface area contributed by atoms with Gasteiger partial charge in [-0.05, 0) is 55.3 Å². The number of carbonyl (C=O) groups excluding carboxylic acids is 1. The van der Waals surface area contributed by atoms with Gasteiger partial charge in [0.2, 0.25) is 0 Å². The van der Waals surface area contributed by atoms with Gasteiger partial charge in [0.15, 0.2) is 0 Å². The van der Waals surface area contributed by atoms with Gasteiger partial charge < -0.3 is 15.0 Å². The number of pyridine rings is 1. The summed E-state index contributed by atoms with van der Waals surface area (Å²) in [5, 5.41) is 3.32. The summed E-state index contributed by atoms with van der Waals surface area (Å²) in [6.45, 7) is 2.19. The summed E-state index contributed by atoms with van der Waals surface area (Å²) in [4.78, 5) is 19.2. The average Bonchev–Trinajstić information content (AvgIpc) is 3.04. The van der Waals surface area contributed by atoms with E-state index in [1.807, 2.05) is 12.1 Å². The van der Waals surface area contributed by atoms with Crippen molar-refractivity contribution in [3.63, 3.8) is 0 Å². The molecule has 4 rings (SSSR count). The number of carbonyl (C=O) groups is 1. The van der Waals surface area contributed by atoms with E-state index in [0.29, 0.717) is 28.2 Å². The summed E-state index contributed by atoms with van der Waals surface area (Å²) in [6.07, 6.45) is 2.73. The van der Waals surface area contributed by atoms with Crippen LogP contribution in [-0.2, 0) is 6.42 Å². The summed E-state index contributed by atoms with van der Waals surface area (Å²) in [5.74, 6) is 0.221. The maximum Gasteiger partial charge on any atom is 0.274 e. The van der Waals surface area contributed by atoms with Gasteiger partial charge in [0.25, 0.3) is 5.91 Å². The van der Waals surface area contributed by atoms with Crippen LogP contribution in [0.4, 0.5) is 17.1 Å². The van der Waals surface area contributed by atoms with Crippen molar-refractivity contribution in [3.05, 3.63) is 77.1 Å². The van der Waals surface area contributed by atoms with Crippen molar-refractivity contribution in [1.29, 1.82) is 0 Å². The van der Waals surface area contributed by atoms with Gasteiger partial charge in [-0.1, -0.05) is 29.8 Å². The second kappa shape index (κ2) is 7.52. The van der Waals surface area contributed by atoms with E-state index in [-0.39, 0.29) is 5.91 Å². The van der Waals surface area contributed by atoms with Crippen molar-refractivity contribution >= 4 is 34.6 Å². The molecular formula is C22H20ClN3O2. The van der Waals surface area contributed by atoms with Crippen LogP contribution in [0.3, 0.4) is 0 Å². The lowest BCUT2D eigenvalue weighted by atomic mass is 10.1. The molecule has 6 heteroatoms. The molecule has 0 fully saturated rings. The molecular weight excluding hydrogens is 374 g/mol. The fourth-order valence-corrected chi connectivity index (χ4v) is 3.76. The van der Waals surface area contributed by atoms with Crippen LogP contribution in [0.25, 0.3) is 0 Å². The Labute approximate surface area is 168 Å². The molecule has 28 heavy (non-hydrogen) atoms. The lowest BCUT2D eigenvalue weighted by Crippen LogP contribution is -2.24. The SMILES string of the molecule is COc1ccc(Cl)cc1NC(=O)c1ccc(N2c3ccccc3CC2C)cn1. The number of amides is 1. The number of hydrogen-bond acceptors (Lipinski definition) is 4. The molecule has 0 saturated carbocycles. The molecule has 1 atom stereocenters. The number of ether oxygens (including phenoxy) is 1. The zero-order valence-electron chi connectivity index (χ0n) is 15.6. The Morgan fingerprint density at radius 2 is 2.04 bits per heavy atom. The fourth-order valence-electron chi connectivity index (χ4n) is 3.59. The Morgan fingerprint density at radius 1 is 1.21 bits per heavy atom. The van der Waals surface area contributed by atoms with Crippen LogP contribution in [0, 0.1) is 0 Å². The molecule has 1 N–H and O–H groups in total. The normalized spacial score (nSPS) is 15.2. The summed E-state index contributed by atoms with van der Waals surface area (Å²) in [6, 6.07) is 17.4. The van der Waals surface area contributed by atoms with E-state index in [4.69, 9.17) is 16.3 Å². The molecule has 1 aliphatic heterocycles. The lowest BCUT2D eigenvalue weighted by Gasteiger charge is -2.24. The Morgan fingerprint density at radius 3 is 2.79 bits per heavy atom. The third-order valence-corrected chi connectivity index (χ3v) is 5.11. The summed E-state index contributed by atoms with van der Waals surface area (Å²) >= 11 is 6.02. The zero-order chi connectivity index (χ0) is 19.7. The van der Waals surface area contributed by atoms with Gasteiger partial charge in [0.1, 0.15) is 11.4 Å². The van der Waals surface area contributed by atoms with Crippen molar-refractivity contribution in [2.45, 2.75) is 19.4 Å². The first kappa shape index (κ1) is 18.3. The second-order valence-corrected chi connectivity index (χ2v) is 7.19. The van der Waals surface area contributed by atoms with Crippen LogP contribution in [0.1, 0.15) is 23.0 Å². The van der Waals surface area contributed by atoms with Gasteiger partial charge in [-0.15, -0.1) is 0 Å². The summed E-state index contributed by atoms with van der Waals surface area (Å²) in [5.41, 5.74) is 4.32. The van der Waals surface area contributed by atoms with Crippen LogP contribution >= 0.6 is 11.6 Å². The molecule has 0 saturated heterocycles. The number of aromatic nitrogens is 1. The van der Waals surface area contributed by atoms with Crippen molar-refractivity contribution in [3.8, 4) is 5.75 Å². The van der Waals surface area contributed by atoms with E-state index in [2.05, 4.69) is 40.3 Å². The third-order valence-electron chi connectivity index (χ3n) is 4.88. The Hall–Kier alpha value is -3.05. The minimum atomic E-state index is -0.318. The number of nitrogens with zero attached hydrogens (tertiary/aromatic N) is 2. The third kappa shape index (κ3) is 3.41. The molecule has 0 spiro atoms. The summed E-state index contributed by atoms with van der Waals surface area (Å²) in [7, 11) is 1.54. The van der Waals surface area contributed by atoms with Gasteiger partial charge >= 0.3 is 0 Å². The number of anilines is 3. The Kier molecular flexibility index (Phi) is 4.92. The Bertz CT molecular complexity index is 1020. The van der Waals surface area contributed by atoms with E-state index < -0.39 is 0 Å². The smallest absolute Gasteiger partial charge is 0.274 e. The van der Waals surface area contributed by atoms with Crippen molar-refractivity contribution in [1.82, 2.24) is 4.98 Å². The van der Waals surface area contributed by atoms with Crippen LogP contribution in [0.15, 0.2) is 60.8 Å². The number of methoxy groups -OCH3 is 1. The lowest BCUT2D eigenvalue weighted by molar-refractivity contribution is 0.102. The topological polar surface area (TPSA) is 54.5 Å². The molecule has 1 unspecified atom stereocenters. The average molecular weight is 394 g/mol. The highest BCUT2D eigenvalue weighted by Gasteiger charge is 2.27. The van der Waals surface area contributed by atoms with Crippen molar-refractivity contribution < 1.29 is 9.53 Å². The zero-order valence-corrected chi connectivity index (χ0v) is 16.4. The molecule has 1 aliphatic rings. The number of hydrogen-bond donors (Lipinski definition) is 1. The Balaban J connectivity index is 1.56. The van der Waals surface area contributed by atoms with E-state index in [1.165, 1.54) is 11.3 Å². The van der Waals surface area contributed by atoms with Gasteiger partial charge in [-0.3, -0.25) is 4.79 Å². The van der Waals surface area contributed by atoms with E-state index >= 15 is 0 Å². The highest BCUT2D eigenvalue weighted by atomic mass is 35.5. The molecule has 2 aromatic carbocycles. The molecule has 2 heterocycles. The largest absolute Gasteiger partial charge is 0.495 e. The minimum absolute atomic E-state index is 0.318. The molecule has 5 nitrogen and oxygen atoms in total. The number of rotatable bonds is 4. The van der Waals surface area contributed by atoms with Crippen LogP contribution < -0.4 is 15.0 Å². The molecule has 0 radical (unpaired) electrons. The first-order valence-electron chi connectivity index (χ1n) is 9.05. The highest BCUT2D eigenvalue weighted by Crippen LogP contribution is 2.37. The number of fused-ring (bicyclic) bond motifs is 1. The van der Waals surface area contributed by atoms with Crippen molar-refractivity contribution in [2.24, 2.45) is 0 Å². The van der Waals surface area contributed by atoms with Gasteiger partial charge in [0, 0.05) is 16.8 Å². The number of para-hydroxylation sites is 1. The monoisotopic (exact) mass is 393 g/mol. The minimum Gasteiger partial charge on any atom is -0.495 e. The predicted molar refractivity (Wildman–Crippen MR) is 112 cm³/mol. The second-order valence-electron chi connectivity index (χ2n) is 6.75. The molecule has 3 aromatic rings. The maximum atomic E-state index is 12.6. The van der Waals surface area contributed by atoms with Crippen LogP contribution in [0.2, 0.25) is 5.02 Å². The first-order valence-corrected chi connectivity index (χ1v) is 9.42. The number of halogens is 1. The predicted octanol–water partition coefficient (Wildman–Crippen LogP) is 5.08. The molecule has 1 amide bonds. The fraction of sp³-hybridized carbons (Fsp3) is 0.182. The molecule has 1 aromatic heterocycles. The standard InChI is InChI=1S/C22H20ClN3O2/c1-14-11-15-5-3-4-6-20(15)26(14)17-8-9-18(24-13-17)22(27)25-19-12-16(23)7-10-21(19)28-2/h3-10,12-14H,11H2,1-2H3,(H,25,27). The van der Waals surface area contributed by atoms with E-state index in [0.717, 1.165) is 12.1 Å². The first-order chi connectivity index (χ1) is 13.6. The molecule has 142 valence electrons. The summed E-state index contributed by atoms with van der Waals surface area (Å²) < 4.78 is 5.27. The van der Waals surface area contributed by atoms with E-state index in [1.54, 1.807) is 37.6 Å². The van der Waals surface area contributed by atoms with Gasteiger partial charge in [-0.2, -0.15) is 0 Å². The quantitative estimate of drug-likeness (QED) is 0.671. The van der Waals surface area contributed by atoms with Gasteiger partial charge in [0.05, 0.1) is 24.7 Å². The molecule has 0 bridgehead atoms. The maximum absolute atomic E-state index is 12.6. The van der Waals surface area contributed by atoms with E-state index in [9.17, 15) is 4.79 Å². The number of nitrogens with one attached hydrogen (secondary N) is 1. The molecule has 0 aliphatic carbocycles. The van der Waals surface area contributed by atoms with Gasteiger partial charge in [-0.25, -0.2) is 4.98 Å².